The minimum Gasteiger partial charge on any atom is -0.494 e. The van der Waals surface area contributed by atoms with Crippen LogP contribution >= 0.6 is 0 Å². The predicted molar refractivity (Wildman–Crippen MR) is 179 cm³/mol. The fourth-order valence-corrected chi connectivity index (χ4v) is 5.30. The van der Waals surface area contributed by atoms with Crippen LogP contribution in [0.25, 0.3) is 0 Å². The molecule has 1 unspecified atom stereocenters. The molecule has 5 N–H and O–H groups in total. The van der Waals surface area contributed by atoms with Crippen LogP contribution in [0.2, 0.25) is 0 Å². The van der Waals surface area contributed by atoms with E-state index in [0.29, 0.717) is 13.0 Å². The molecule has 4 atom stereocenters. The highest BCUT2D eigenvalue weighted by atomic mass is 16.5. The Morgan fingerprint density at radius 1 is 0.889 bits per heavy atom. The summed E-state index contributed by atoms with van der Waals surface area (Å²) in [6.07, 6.45) is 17.7. The van der Waals surface area contributed by atoms with Crippen LogP contribution in [0.3, 0.4) is 0 Å². The molecule has 0 amide bonds. The highest BCUT2D eigenvalue weighted by Crippen LogP contribution is 2.25. The number of aliphatic carboxylic acids is 2. The Morgan fingerprint density at radius 3 is 2.09 bits per heavy atom. The van der Waals surface area contributed by atoms with E-state index in [9.17, 15) is 30.0 Å². The van der Waals surface area contributed by atoms with Gasteiger partial charge in [-0.3, -0.25) is 4.79 Å². The molecule has 1 aromatic carbocycles. The van der Waals surface area contributed by atoms with Crippen molar-refractivity contribution < 1.29 is 39.5 Å². The van der Waals surface area contributed by atoms with E-state index in [-0.39, 0.29) is 32.1 Å². The topological polar surface area (TPSA) is 146 Å². The molecule has 9 nitrogen and oxygen atoms in total. The van der Waals surface area contributed by atoms with Crippen LogP contribution in [0.15, 0.2) is 36.4 Å². The molecule has 1 aromatic rings. The average molecular weight is 636 g/mol. The van der Waals surface area contributed by atoms with Crippen molar-refractivity contribution in [1.29, 1.82) is 0 Å². The Balaban J connectivity index is 2.69. The van der Waals surface area contributed by atoms with E-state index in [1.807, 2.05) is 30.3 Å². The minimum absolute atomic E-state index is 0.0332. The zero-order valence-electron chi connectivity index (χ0n) is 28.1. The molecule has 0 heterocycles. The molecule has 0 aliphatic heterocycles. The van der Waals surface area contributed by atoms with Crippen LogP contribution in [-0.2, 0) is 20.7 Å². The van der Waals surface area contributed by atoms with Crippen molar-refractivity contribution in [3.8, 4) is 5.75 Å². The molecular weight excluding hydrogens is 574 g/mol. The summed E-state index contributed by atoms with van der Waals surface area (Å²) in [5, 5.41) is 44.3. The number of ether oxygens (including phenoxy) is 2. The van der Waals surface area contributed by atoms with Crippen molar-refractivity contribution in [2.45, 2.75) is 134 Å². The second-order valence-corrected chi connectivity index (χ2v) is 12.2. The molecule has 0 spiro atoms. The molecule has 9 heteroatoms. The van der Waals surface area contributed by atoms with Crippen molar-refractivity contribution in [3.63, 3.8) is 0 Å². The molecular formula is C36H61NO8. The van der Waals surface area contributed by atoms with E-state index in [0.717, 1.165) is 69.1 Å². The highest BCUT2D eigenvalue weighted by Gasteiger charge is 2.43. The number of benzene rings is 1. The van der Waals surface area contributed by atoms with E-state index in [4.69, 9.17) is 9.47 Å². The van der Waals surface area contributed by atoms with Gasteiger partial charge >= 0.3 is 11.9 Å². The summed E-state index contributed by atoms with van der Waals surface area (Å²) in [6.45, 7) is 4.93. The van der Waals surface area contributed by atoms with Crippen LogP contribution in [0.1, 0.15) is 116 Å². The van der Waals surface area contributed by atoms with Crippen LogP contribution in [0, 0.1) is 5.92 Å². The third-order valence-corrected chi connectivity index (χ3v) is 8.35. The number of methoxy groups -OCH3 is 1. The number of aliphatic hydroxyl groups is 2. The molecule has 0 bridgehead atoms. The first kappa shape index (κ1) is 40.6. The van der Waals surface area contributed by atoms with Gasteiger partial charge in [-0.15, -0.1) is 0 Å². The summed E-state index contributed by atoms with van der Waals surface area (Å²) in [7, 11) is 1.44. The van der Waals surface area contributed by atoms with Crippen molar-refractivity contribution in [3.05, 3.63) is 42.0 Å². The van der Waals surface area contributed by atoms with Crippen LogP contribution in [0.5, 0.6) is 5.75 Å². The average Bonchev–Trinajstić information content (AvgIpc) is 3.02. The summed E-state index contributed by atoms with van der Waals surface area (Å²) in [6, 6.07) is 6.33. The van der Waals surface area contributed by atoms with E-state index < -0.39 is 29.5 Å². The molecule has 1 rings (SSSR count). The molecule has 0 aromatic heterocycles. The highest BCUT2D eigenvalue weighted by molar-refractivity contribution is 5.78. The first-order chi connectivity index (χ1) is 21.7. The molecule has 0 radical (unpaired) electrons. The van der Waals surface area contributed by atoms with Crippen molar-refractivity contribution >= 4 is 11.9 Å². The van der Waals surface area contributed by atoms with Gasteiger partial charge in [-0.2, -0.15) is 0 Å². The van der Waals surface area contributed by atoms with Gasteiger partial charge in [-0.25, -0.2) is 4.79 Å². The van der Waals surface area contributed by atoms with Gasteiger partial charge in [0.15, 0.2) is 5.60 Å². The zero-order chi connectivity index (χ0) is 33.3. The number of hydrogen-bond acceptors (Lipinski definition) is 7. The molecule has 0 aliphatic carbocycles. The summed E-state index contributed by atoms with van der Waals surface area (Å²) in [5.41, 5.74) is -1.32. The molecule has 258 valence electrons. The lowest BCUT2D eigenvalue weighted by Gasteiger charge is -2.31. The second-order valence-electron chi connectivity index (χ2n) is 12.2. The van der Waals surface area contributed by atoms with Gasteiger partial charge in [0.25, 0.3) is 0 Å². The maximum Gasteiger partial charge on any atom is 0.336 e. The van der Waals surface area contributed by atoms with Gasteiger partial charge < -0.3 is 35.2 Å². The lowest BCUT2D eigenvalue weighted by atomic mass is 9.83. The normalized spacial score (nSPS) is 15.0. The number of hydrogen-bond donors (Lipinski definition) is 5. The number of allylic oxidation sites excluding steroid dienone is 1. The Morgan fingerprint density at radius 2 is 1.51 bits per heavy atom. The van der Waals surface area contributed by atoms with Gasteiger partial charge in [-0.05, 0) is 56.2 Å². The van der Waals surface area contributed by atoms with Crippen LogP contribution in [-0.4, -0.2) is 77.0 Å². The first-order valence-corrected chi connectivity index (χ1v) is 17.1. The number of aliphatic hydroxyl groups excluding tert-OH is 1. The Kier molecular flexibility index (Phi) is 22.3. The number of carboxylic acids is 2. The molecule has 0 saturated heterocycles. The summed E-state index contributed by atoms with van der Waals surface area (Å²) < 4.78 is 10.8. The van der Waals surface area contributed by atoms with Crippen molar-refractivity contribution in [1.82, 2.24) is 5.32 Å². The van der Waals surface area contributed by atoms with Crippen molar-refractivity contribution in [2.75, 3.05) is 26.9 Å². The lowest BCUT2D eigenvalue weighted by molar-refractivity contribution is -0.165. The van der Waals surface area contributed by atoms with Crippen molar-refractivity contribution in [2.24, 2.45) is 5.92 Å². The maximum absolute atomic E-state index is 12.2. The number of rotatable bonds is 29. The molecule has 0 aliphatic rings. The Labute approximate surface area is 271 Å². The molecule has 45 heavy (non-hydrogen) atoms. The van der Waals surface area contributed by atoms with Crippen LogP contribution < -0.4 is 10.1 Å². The minimum atomic E-state index is -2.12. The monoisotopic (exact) mass is 635 g/mol. The smallest absolute Gasteiger partial charge is 0.336 e. The third-order valence-electron chi connectivity index (χ3n) is 8.35. The van der Waals surface area contributed by atoms with Gasteiger partial charge in [0.05, 0.1) is 12.7 Å². The quantitative estimate of drug-likeness (QED) is 0.0489. The van der Waals surface area contributed by atoms with Gasteiger partial charge in [0.1, 0.15) is 11.8 Å². The third kappa shape index (κ3) is 17.7. The summed E-state index contributed by atoms with van der Waals surface area (Å²) in [4.78, 5) is 24.3. The molecule has 0 saturated carbocycles. The SMILES string of the molecule is CCCCCCCC(O)CCCCCC/C=C/[C@H](CN[C@@H](Cc1ccc(OCCCC)cc1)C(=O)O)[C@@](O)(CCOC)C(=O)O. The number of carboxylic acid groups (broad SMARTS) is 2. The van der Waals surface area contributed by atoms with E-state index >= 15 is 0 Å². The number of carbonyl (C=O) groups is 2. The van der Waals surface area contributed by atoms with Gasteiger partial charge in [0.2, 0.25) is 0 Å². The van der Waals surface area contributed by atoms with Gasteiger partial charge in [-0.1, -0.05) is 95.9 Å². The standard InChI is InChI=1S/C36H61NO8/c1-4-6-8-11-15-18-31(38)19-16-13-10-9-12-14-17-30(36(43,35(41)42)24-26-44-3)28-37-33(34(39)40)27-29-20-22-32(23-21-29)45-25-7-5-2/h14,17,20-23,30-31,33,37-38,43H,4-13,15-16,18-19,24-28H2,1-3H3,(H,39,40)(H,41,42)/b17-14+/t30-,31?,33+,36+/m1/s1. The Hall–Kier alpha value is -2.46. The first-order valence-electron chi connectivity index (χ1n) is 17.1. The number of unbranched alkanes of at least 4 members (excludes halogenated alkanes) is 9. The fraction of sp³-hybridized carbons (Fsp3) is 0.722. The Bertz CT molecular complexity index is 937. The van der Waals surface area contributed by atoms with Gasteiger partial charge in [0, 0.05) is 32.6 Å². The fourth-order valence-electron chi connectivity index (χ4n) is 5.30. The maximum atomic E-state index is 12.2. The predicted octanol–water partition coefficient (Wildman–Crippen LogP) is 6.54. The summed E-state index contributed by atoms with van der Waals surface area (Å²) >= 11 is 0. The van der Waals surface area contributed by atoms with E-state index in [1.165, 1.54) is 32.8 Å². The largest absolute Gasteiger partial charge is 0.494 e. The number of nitrogens with one attached hydrogen (secondary N) is 1. The van der Waals surface area contributed by atoms with E-state index in [1.54, 1.807) is 6.08 Å². The van der Waals surface area contributed by atoms with E-state index in [2.05, 4.69) is 19.2 Å². The molecule has 0 fully saturated rings. The summed E-state index contributed by atoms with van der Waals surface area (Å²) in [5.74, 6) is -2.56. The zero-order valence-corrected chi connectivity index (χ0v) is 28.1. The lowest BCUT2D eigenvalue weighted by Crippen LogP contribution is -2.52. The van der Waals surface area contributed by atoms with Crippen LogP contribution in [0.4, 0.5) is 0 Å². The second kappa shape index (κ2) is 24.7.